The molecule has 0 amide bonds. The normalized spacial score (nSPS) is 31.4. The van der Waals surface area contributed by atoms with Crippen LogP contribution in [0.15, 0.2) is 28.7 Å². The van der Waals surface area contributed by atoms with E-state index in [4.69, 9.17) is 4.74 Å². The fourth-order valence-electron chi connectivity index (χ4n) is 3.49. The third kappa shape index (κ3) is 3.44. The minimum Gasteiger partial charge on any atom is -0.375 e. The van der Waals surface area contributed by atoms with Crippen molar-refractivity contribution in [2.24, 2.45) is 11.8 Å². The van der Waals surface area contributed by atoms with Crippen LogP contribution in [-0.2, 0) is 11.2 Å². The van der Waals surface area contributed by atoms with Gasteiger partial charge in [-0.25, -0.2) is 0 Å². The Bertz CT molecular complexity index is 437. The average molecular weight is 340 g/mol. The third-order valence-electron chi connectivity index (χ3n) is 4.65. The van der Waals surface area contributed by atoms with Gasteiger partial charge in [0.1, 0.15) is 0 Å². The maximum Gasteiger partial charge on any atom is 0.0597 e. The van der Waals surface area contributed by atoms with Crippen molar-refractivity contribution in [1.29, 1.82) is 0 Å². The Morgan fingerprint density at radius 1 is 1.20 bits per heavy atom. The van der Waals surface area contributed by atoms with Crippen molar-refractivity contribution >= 4 is 15.9 Å². The highest BCUT2D eigenvalue weighted by atomic mass is 79.9. The number of ether oxygens (including phenoxy) is 1. The molecule has 1 aliphatic heterocycles. The lowest BCUT2D eigenvalue weighted by atomic mass is 9.81. The number of rotatable bonds is 5. The fraction of sp³-hybridized carbons (Fsp3) is 0.647. The molecule has 0 saturated carbocycles. The second-order valence-corrected chi connectivity index (χ2v) is 6.80. The highest BCUT2D eigenvalue weighted by Gasteiger charge is 2.41. The second kappa shape index (κ2) is 7.06. The first-order valence-electron chi connectivity index (χ1n) is 7.66. The molecule has 5 atom stereocenters. The van der Waals surface area contributed by atoms with Gasteiger partial charge in [0.25, 0.3) is 0 Å². The molecule has 1 heterocycles. The van der Waals surface area contributed by atoms with Crippen LogP contribution < -0.4 is 5.32 Å². The Hall–Kier alpha value is -0.380. The molecule has 1 N–H and O–H groups in total. The SMILES string of the molecule is CCNC(Cc1ccccc1Br)C1C(C)OC(C)C1C. The molecule has 0 spiro atoms. The molecule has 112 valence electrons. The van der Waals surface area contributed by atoms with Crippen molar-refractivity contribution in [2.75, 3.05) is 6.54 Å². The molecule has 1 aliphatic rings. The van der Waals surface area contributed by atoms with Gasteiger partial charge in [-0.05, 0) is 44.4 Å². The number of nitrogens with one attached hydrogen (secondary N) is 1. The summed E-state index contributed by atoms with van der Waals surface area (Å²) in [6.07, 6.45) is 1.73. The molecule has 0 aromatic heterocycles. The third-order valence-corrected chi connectivity index (χ3v) is 5.42. The summed E-state index contributed by atoms with van der Waals surface area (Å²) in [5, 5.41) is 3.68. The van der Waals surface area contributed by atoms with Gasteiger partial charge in [0, 0.05) is 16.4 Å². The molecular formula is C17H26BrNO. The minimum atomic E-state index is 0.325. The van der Waals surface area contributed by atoms with Crippen molar-refractivity contribution in [2.45, 2.75) is 52.4 Å². The van der Waals surface area contributed by atoms with Crippen molar-refractivity contribution < 1.29 is 4.74 Å². The van der Waals surface area contributed by atoms with Gasteiger partial charge in [-0.3, -0.25) is 0 Å². The maximum absolute atomic E-state index is 6.03. The zero-order valence-electron chi connectivity index (χ0n) is 12.9. The molecule has 2 rings (SSSR count). The quantitative estimate of drug-likeness (QED) is 0.874. The number of hydrogen-bond donors (Lipinski definition) is 1. The van der Waals surface area contributed by atoms with Gasteiger partial charge in [0.05, 0.1) is 12.2 Å². The Balaban J connectivity index is 2.17. The van der Waals surface area contributed by atoms with Crippen LogP contribution in [0.5, 0.6) is 0 Å². The summed E-state index contributed by atoms with van der Waals surface area (Å²) in [5.74, 6) is 1.16. The van der Waals surface area contributed by atoms with Gasteiger partial charge in [-0.2, -0.15) is 0 Å². The van der Waals surface area contributed by atoms with E-state index in [-0.39, 0.29) is 0 Å². The molecule has 5 unspecified atom stereocenters. The van der Waals surface area contributed by atoms with E-state index in [1.54, 1.807) is 0 Å². The Labute approximate surface area is 131 Å². The first-order valence-corrected chi connectivity index (χ1v) is 8.46. The van der Waals surface area contributed by atoms with Crippen LogP contribution in [0.1, 0.15) is 33.3 Å². The summed E-state index contributed by atoms with van der Waals surface area (Å²) >= 11 is 3.67. The first-order chi connectivity index (χ1) is 9.54. The summed E-state index contributed by atoms with van der Waals surface area (Å²) in [6, 6.07) is 8.99. The maximum atomic E-state index is 6.03. The standard InChI is InChI=1S/C17H26BrNO/c1-5-19-16(10-14-8-6-7-9-15(14)18)17-11(2)12(3)20-13(17)4/h6-9,11-13,16-17,19H,5,10H2,1-4H3. The first kappa shape index (κ1) is 16.0. The van der Waals surface area contributed by atoms with E-state index in [0.29, 0.717) is 30.1 Å². The second-order valence-electron chi connectivity index (χ2n) is 5.94. The van der Waals surface area contributed by atoms with E-state index in [2.05, 4.69) is 73.2 Å². The monoisotopic (exact) mass is 339 g/mol. The lowest BCUT2D eigenvalue weighted by Gasteiger charge is -2.30. The molecular weight excluding hydrogens is 314 g/mol. The molecule has 1 aromatic rings. The van der Waals surface area contributed by atoms with Crippen LogP contribution in [0.25, 0.3) is 0 Å². The van der Waals surface area contributed by atoms with Gasteiger partial charge in [0.15, 0.2) is 0 Å². The average Bonchev–Trinajstić information content (AvgIpc) is 2.65. The van der Waals surface area contributed by atoms with Gasteiger partial charge in [-0.15, -0.1) is 0 Å². The summed E-state index contributed by atoms with van der Waals surface area (Å²) in [4.78, 5) is 0. The highest BCUT2D eigenvalue weighted by molar-refractivity contribution is 9.10. The topological polar surface area (TPSA) is 21.3 Å². The number of likely N-dealkylation sites (N-methyl/N-ethyl adjacent to an activating group) is 1. The lowest BCUT2D eigenvalue weighted by molar-refractivity contribution is 0.0476. The Morgan fingerprint density at radius 2 is 1.90 bits per heavy atom. The van der Waals surface area contributed by atoms with Gasteiger partial charge in [0.2, 0.25) is 0 Å². The van der Waals surface area contributed by atoms with Crippen LogP contribution >= 0.6 is 15.9 Å². The predicted octanol–water partition coefficient (Wildman–Crippen LogP) is 4.03. The smallest absolute Gasteiger partial charge is 0.0597 e. The van der Waals surface area contributed by atoms with Crippen LogP contribution in [0, 0.1) is 11.8 Å². The summed E-state index contributed by atoms with van der Waals surface area (Å²) < 4.78 is 7.23. The number of benzene rings is 1. The minimum absolute atomic E-state index is 0.325. The van der Waals surface area contributed by atoms with Gasteiger partial charge < -0.3 is 10.1 Å². The molecule has 1 saturated heterocycles. The van der Waals surface area contributed by atoms with E-state index in [1.165, 1.54) is 10.0 Å². The van der Waals surface area contributed by atoms with E-state index in [0.717, 1.165) is 13.0 Å². The summed E-state index contributed by atoms with van der Waals surface area (Å²) in [6.45, 7) is 9.92. The summed E-state index contributed by atoms with van der Waals surface area (Å²) in [5.41, 5.74) is 1.37. The van der Waals surface area contributed by atoms with E-state index >= 15 is 0 Å². The molecule has 0 radical (unpaired) electrons. The van der Waals surface area contributed by atoms with Crippen molar-refractivity contribution in [3.8, 4) is 0 Å². The lowest BCUT2D eigenvalue weighted by Crippen LogP contribution is -2.43. The molecule has 20 heavy (non-hydrogen) atoms. The van der Waals surface area contributed by atoms with Crippen molar-refractivity contribution in [3.05, 3.63) is 34.3 Å². The predicted molar refractivity (Wildman–Crippen MR) is 88.0 cm³/mol. The van der Waals surface area contributed by atoms with E-state index < -0.39 is 0 Å². The van der Waals surface area contributed by atoms with Crippen LogP contribution in [-0.4, -0.2) is 24.8 Å². The molecule has 0 aliphatic carbocycles. The summed E-state index contributed by atoms with van der Waals surface area (Å²) in [7, 11) is 0. The van der Waals surface area contributed by atoms with Gasteiger partial charge >= 0.3 is 0 Å². The molecule has 1 aromatic carbocycles. The fourth-order valence-corrected chi connectivity index (χ4v) is 3.94. The zero-order chi connectivity index (χ0) is 14.7. The van der Waals surface area contributed by atoms with Crippen LogP contribution in [0.2, 0.25) is 0 Å². The van der Waals surface area contributed by atoms with Crippen LogP contribution in [0.4, 0.5) is 0 Å². The number of halogens is 1. The van der Waals surface area contributed by atoms with Crippen molar-refractivity contribution in [1.82, 2.24) is 5.32 Å². The van der Waals surface area contributed by atoms with Gasteiger partial charge in [-0.1, -0.05) is 48.0 Å². The largest absolute Gasteiger partial charge is 0.375 e. The van der Waals surface area contributed by atoms with Crippen LogP contribution in [0.3, 0.4) is 0 Å². The van der Waals surface area contributed by atoms with E-state index in [9.17, 15) is 0 Å². The molecule has 2 nitrogen and oxygen atoms in total. The van der Waals surface area contributed by atoms with E-state index in [1.807, 2.05) is 0 Å². The zero-order valence-corrected chi connectivity index (χ0v) is 14.5. The number of hydrogen-bond acceptors (Lipinski definition) is 2. The molecule has 3 heteroatoms. The highest BCUT2D eigenvalue weighted by Crippen LogP contribution is 2.36. The Morgan fingerprint density at radius 3 is 2.45 bits per heavy atom. The molecule has 1 fully saturated rings. The Kier molecular flexibility index (Phi) is 5.65. The molecule has 0 bridgehead atoms. The van der Waals surface area contributed by atoms with Crippen molar-refractivity contribution in [3.63, 3.8) is 0 Å².